The Morgan fingerprint density at radius 1 is 1.19 bits per heavy atom. The average Bonchev–Trinajstić information content (AvgIpc) is 2.38. The molecule has 1 aromatic carbocycles. The number of nitrogens with one attached hydrogen (secondary N) is 1. The Morgan fingerprint density at radius 2 is 1.76 bits per heavy atom. The Labute approximate surface area is 123 Å². The number of sulfone groups is 1. The molecule has 0 heterocycles. The molecule has 1 N–H and O–H groups in total. The van der Waals surface area contributed by atoms with Crippen LogP contribution in [0.3, 0.4) is 0 Å². The zero-order valence-corrected chi connectivity index (χ0v) is 12.9. The van der Waals surface area contributed by atoms with E-state index in [0.29, 0.717) is 19.4 Å². The van der Waals surface area contributed by atoms with Gasteiger partial charge in [-0.25, -0.2) is 21.6 Å². The van der Waals surface area contributed by atoms with Crippen LogP contribution >= 0.6 is 0 Å². The monoisotopic (exact) mass is 323 g/mol. The van der Waals surface area contributed by atoms with Gasteiger partial charge in [-0.1, -0.05) is 6.92 Å². The molecule has 0 saturated heterocycles. The molecule has 0 aliphatic rings. The van der Waals surface area contributed by atoms with E-state index < -0.39 is 33.3 Å². The lowest BCUT2D eigenvalue weighted by atomic mass is 10.0. The van der Waals surface area contributed by atoms with Gasteiger partial charge in [-0.15, -0.1) is 0 Å². The minimum atomic E-state index is -3.08. The van der Waals surface area contributed by atoms with Gasteiger partial charge in [0.15, 0.2) is 17.5 Å². The van der Waals surface area contributed by atoms with Crippen molar-refractivity contribution in [3.8, 4) is 0 Å². The van der Waals surface area contributed by atoms with Crippen LogP contribution in [0.25, 0.3) is 0 Å². The van der Waals surface area contributed by atoms with Gasteiger partial charge in [0, 0.05) is 18.1 Å². The summed E-state index contributed by atoms with van der Waals surface area (Å²) in [6.45, 7) is 2.55. The molecule has 3 nitrogen and oxygen atoms in total. The van der Waals surface area contributed by atoms with Crippen LogP contribution < -0.4 is 5.32 Å². The van der Waals surface area contributed by atoms with Crippen molar-refractivity contribution >= 4 is 9.84 Å². The number of benzene rings is 1. The average molecular weight is 323 g/mol. The zero-order valence-electron chi connectivity index (χ0n) is 12.1. The number of hydrogen-bond donors (Lipinski definition) is 1. The van der Waals surface area contributed by atoms with E-state index in [9.17, 15) is 21.6 Å². The van der Waals surface area contributed by atoms with Gasteiger partial charge in [-0.05, 0) is 43.5 Å². The minimum Gasteiger partial charge on any atom is -0.310 e. The van der Waals surface area contributed by atoms with Crippen molar-refractivity contribution in [1.82, 2.24) is 5.32 Å². The fourth-order valence-corrected chi connectivity index (χ4v) is 2.72. The van der Waals surface area contributed by atoms with Crippen molar-refractivity contribution in [2.75, 3.05) is 18.6 Å². The molecule has 0 spiro atoms. The second-order valence-electron chi connectivity index (χ2n) is 5.08. The van der Waals surface area contributed by atoms with Crippen LogP contribution in [0.2, 0.25) is 0 Å². The highest BCUT2D eigenvalue weighted by atomic mass is 32.2. The van der Waals surface area contributed by atoms with Gasteiger partial charge in [0.05, 0.1) is 0 Å². The van der Waals surface area contributed by atoms with Gasteiger partial charge >= 0.3 is 0 Å². The summed E-state index contributed by atoms with van der Waals surface area (Å²) in [5.41, 5.74) is 0.286. The molecule has 1 unspecified atom stereocenters. The molecular weight excluding hydrogens is 303 g/mol. The van der Waals surface area contributed by atoms with Crippen LogP contribution in [0.1, 0.15) is 37.8 Å². The van der Waals surface area contributed by atoms with Crippen molar-refractivity contribution < 1.29 is 21.6 Å². The highest BCUT2D eigenvalue weighted by Gasteiger charge is 2.17. The predicted octanol–water partition coefficient (Wildman–Crippen LogP) is 2.97. The van der Waals surface area contributed by atoms with E-state index in [4.69, 9.17) is 0 Å². The van der Waals surface area contributed by atoms with Crippen LogP contribution in [0, 0.1) is 17.5 Å². The lowest BCUT2D eigenvalue weighted by Crippen LogP contribution is -2.23. The fraction of sp³-hybridized carbons (Fsp3) is 0.571. The summed E-state index contributed by atoms with van der Waals surface area (Å²) >= 11 is 0. The van der Waals surface area contributed by atoms with Crippen molar-refractivity contribution in [2.45, 2.75) is 32.2 Å². The van der Waals surface area contributed by atoms with Crippen LogP contribution in [-0.4, -0.2) is 27.0 Å². The molecule has 1 aromatic rings. The Hall–Kier alpha value is -1.08. The van der Waals surface area contributed by atoms with Gasteiger partial charge < -0.3 is 5.32 Å². The maximum absolute atomic E-state index is 13.3. The predicted molar refractivity (Wildman–Crippen MR) is 76.3 cm³/mol. The first kappa shape index (κ1) is 18.0. The fourth-order valence-electron chi connectivity index (χ4n) is 2.03. The van der Waals surface area contributed by atoms with E-state index in [1.165, 1.54) is 0 Å². The van der Waals surface area contributed by atoms with Crippen molar-refractivity contribution in [2.24, 2.45) is 0 Å². The maximum Gasteiger partial charge on any atom is 0.194 e. The smallest absolute Gasteiger partial charge is 0.194 e. The summed E-state index contributed by atoms with van der Waals surface area (Å²) in [6, 6.07) is 1.49. The Balaban J connectivity index is 2.86. The molecule has 1 rings (SSSR count). The highest BCUT2D eigenvalue weighted by molar-refractivity contribution is 7.90. The van der Waals surface area contributed by atoms with Crippen LogP contribution in [0.5, 0.6) is 0 Å². The first-order valence-corrected chi connectivity index (χ1v) is 8.86. The first-order chi connectivity index (χ1) is 9.74. The van der Waals surface area contributed by atoms with Gasteiger partial charge in [-0.2, -0.15) is 0 Å². The second-order valence-corrected chi connectivity index (χ2v) is 7.34. The number of halogens is 3. The standard InChI is InChI=1S/C14H20F3NO2S/c1-3-6-18-13(5-4-7-21(2,19)20)10-8-11(15)14(17)12(16)9-10/h8-9,13,18H,3-7H2,1-2H3. The van der Waals surface area contributed by atoms with Crippen molar-refractivity contribution in [1.29, 1.82) is 0 Å². The SMILES string of the molecule is CCCNC(CCCS(C)(=O)=O)c1cc(F)c(F)c(F)c1. The maximum atomic E-state index is 13.3. The summed E-state index contributed by atoms with van der Waals surface area (Å²) in [4.78, 5) is 0. The van der Waals surface area contributed by atoms with E-state index in [2.05, 4.69) is 5.32 Å². The molecule has 0 amide bonds. The largest absolute Gasteiger partial charge is 0.310 e. The number of hydrogen-bond acceptors (Lipinski definition) is 3. The summed E-state index contributed by atoms with van der Waals surface area (Å²) in [5.74, 6) is -3.97. The number of rotatable bonds is 8. The summed E-state index contributed by atoms with van der Waals surface area (Å²) in [5, 5.41) is 3.10. The van der Waals surface area contributed by atoms with E-state index in [1.54, 1.807) is 0 Å². The molecule has 1 atom stereocenters. The summed E-state index contributed by atoms with van der Waals surface area (Å²) in [7, 11) is -3.08. The van der Waals surface area contributed by atoms with Crippen molar-refractivity contribution in [3.05, 3.63) is 35.1 Å². The highest BCUT2D eigenvalue weighted by Crippen LogP contribution is 2.23. The van der Waals surface area contributed by atoms with Gasteiger partial charge in [0.2, 0.25) is 0 Å². The van der Waals surface area contributed by atoms with Gasteiger partial charge in [-0.3, -0.25) is 0 Å². The molecule has 0 bridgehead atoms. The molecule has 0 saturated carbocycles. The van der Waals surface area contributed by atoms with Gasteiger partial charge in [0.1, 0.15) is 9.84 Å². The van der Waals surface area contributed by atoms with Gasteiger partial charge in [0.25, 0.3) is 0 Å². The van der Waals surface area contributed by atoms with Crippen LogP contribution in [0.4, 0.5) is 13.2 Å². The molecule has 7 heteroatoms. The molecule has 0 aliphatic carbocycles. The molecule has 120 valence electrons. The van der Waals surface area contributed by atoms with E-state index in [-0.39, 0.29) is 11.3 Å². The van der Waals surface area contributed by atoms with E-state index in [1.807, 2.05) is 6.92 Å². The Morgan fingerprint density at radius 3 is 2.24 bits per heavy atom. The summed E-state index contributed by atoms with van der Waals surface area (Å²) in [6.07, 6.45) is 2.71. The Bertz CT molecular complexity index is 553. The van der Waals surface area contributed by atoms with Crippen LogP contribution in [0.15, 0.2) is 12.1 Å². The normalized spacial score (nSPS) is 13.4. The molecular formula is C14H20F3NO2S. The molecule has 0 aromatic heterocycles. The lowest BCUT2D eigenvalue weighted by molar-refractivity contribution is 0.434. The lowest BCUT2D eigenvalue weighted by Gasteiger charge is -2.19. The summed E-state index contributed by atoms with van der Waals surface area (Å²) < 4.78 is 61.8. The molecule has 0 aliphatic heterocycles. The zero-order chi connectivity index (χ0) is 16.0. The second kappa shape index (κ2) is 7.79. The molecule has 0 fully saturated rings. The Kier molecular flexibility index (Phi) is 6.67. The third-order valence-electron chi connectivity index (χ3n) is 3.06. The van der Waals surface area contributed by atoms with Crippen LogP contribution in [-0.2, 0) is 9.84 Å². The van der Waals surface area contributed by atoms with E-state index >= 15 is 0 Å². The minimum absolute atomic E-state index is 0.00344. The first-order valence-electron chi connectivity index (χ1n) is 6.80. The quantitative estimate of drug-likeness (QED) is 0.748. The molecule has 0 radical (unpaired) electrons. The topological polar surface area (TPSA) is 46.2 Å². The van der Waals surface area contributed by atoms with E-state index in [0.717, 1.165) is 24.8 Å². The third-order valence-corrected chi connectivity index (χ3v) is 4.09. The van der Waals surface area contributed by atoms with Crippen molar-refractivity contribution in [3.63, 3.8) is 0 Å². The molecule has 21 heavy (non-hydrogen) atoms. The third kappa shape index (κ3) is 6.05.